The molecule has 1 aromatic carbocycles. The molecule has 1 fully saturated rings. The van der Waals surface area contributed by atoms with Crippen LogP contribution in [-0.2, 0) is 4.74 Å². The number of benzene rings is 1. The molecule has 0 bridgehead atoms. The minimum atomic E-state index is -0.381. The van der Waals surface area contributed by atoms with Crippen LogP contribution in [0.1, 0.15) is 47.9 Å². The van der Waals surface area contributed by atoms with Crippen LogP contribution in [0.5, 0.6) is 5.75 Å². The maximum atomic E-state index is 12.8. The second-order valence-corrected chi connectivity index (χ2v) is 5.96. The number of hydrogen-bond acceptors (Lipinski definition) is 6. The Bertz CT molecular complexity index is 713. The zero-order valence-corrected chi connectivity index (χ0v) is 14.1. The summed E-state index contributed by atoms with van der Waals surface area (Å²) in [7, 11) is 1.56. The van der Waals surface area contributed by atoms with Gasteiger partial charge in [-0.2, -0.15) is 4.98 Å². The SMILES string of the molecule is COc1ccccc1C(=O)N1CCO[C@H](c2noc(C(C)C)n2)C1. The van der Waals surface area contributed by atoms with Gasteiger partial charge in [0, 0.05) is 12.5 Å². The number of hydrogen-bond donors (Lipinski definition) is 0. The minimum Gasteiger partial charge on any atom is -0.496 e. The van der Waals surface area contributed by atoms with E-state index in [-0.39, 0.29) is 17.9 Å². The maximum Gasteiger partial charge on any atom is 0.257 e. The summed E-state index contributed by atoms with van der Waals surface area (Å²) in [6.07, 6.45) is -0.381. The summed E-state index contributed by atoms with van der Waals surface area (Å²) < 4.78 is 16.2. The highest BCUT2D eigenvalue weighted by Gasteiger charge is 2.30. The van der Waals surface area contributed by atoms with E-state index in [2.05, 4.69) is 10.1 Å². The number of methoxy groups -OCH3 is 1. The Morgan fingerprint density at radius 1 is 1.38 bits per heavy atom. The van der Waals surface area contributed by atoms with Crippen molar-refractivity contribution in [3.63, 3.8) is 0 Å². The van der Waals surface area contributed by atoms with Gasteiger partial charge in [-0.05, 0) is 12.1 Å². The Morgan fingerprint density at radius 2 is 2.17 bits per heavy atom. The largest absolute Gasteiger partial charge is 0.496 e. The minimum absolute atomic E-state index is 0.0895. The van der Waals surface area contributed by atoms with Crippen molar-refractivity contribution in [1.29, 1.82) is 0 Å². The Kier molecular flexibility index (Phi) is 4.80. The van der Waals surface area contributed by atoms with Crippen molar-refractivity contribution >= 4 is 5.91 Å². The van der Waals surface area contributed by atoms with Gasteiger partial charge in [0.1, 0.15) is 11.9 Å². The van der Waals surface area contributed by atoms with Gasteiger partial charge in [0.25, 0.3) is 5.91 Å². The summed E-state index contributed by atoms with van der Waals surface area (Å²) >= 11 is 0. The summed E-state index contributed by atoms with van der Waals surface area (Å²) in [5.74, 6) is 1.68. The third-order valence-corrected chi connectivity index (χ3v) is 3.93. The van der Waals surface area contributed by atoms with Crippen LogP contribution in [0.15, 0.2) is 28.8 Å². The van der Waals surface area contributed by atoms with Gasteiger partial charge in [-0.1, -0.05) is 31.1 Å². The van der Waals surface area contributed by atoms with Crippen LogP contribution in [0.3, 0.4) is 0 Å². The first-order chi connectivity index (χ1) is 11.6. The van der Waals surface area contributed by atoms with Gasteiger partial charge >= 0.3 is 0 Å². The monoisotopic (exact) mass is 331 g/mol. The molecule has 0 spiro atoms. The van der Waals surface area contributed by atoms with Crippen LogP contribution in [0.4, 0.5) is 0 Å². The topological polar surface area (TPSA) is 77.7 Å². The van der Waals surface area contributed by atoms with Gasteiger partial charge in [0.2, 0.25) is 11.7 Å². The van der Waals surface area contributed by atoms with E-state index in [9.17, 15) is 4.79 Å². The van der Waals surface area contributed by atoms with Crippen molar-refractivity contribution in [1.82, 2.24) is 15.0 Å². The molecular weight excluding hydrogens is 310 g/mol. The van der Waals surface area contributed by atoms with Gasteiger partial charge < -0.3 is 18.9 Å². The second-order valence-electron chi connectivity index (χ2n) is 5.96. The third-order valence-electron chi connectivity index (χ3n) is 3.93. The first-order valence-electron chi connectivity index (χ1n) is 7.97. The molecule has 0 saturated carbocycles. The molecule has 1 aliphatic heterocycles. The number of nitrogens with zero attached hydrogens (tertiary/aromatic N) is 3. The Balaban J connectivity index is 1.76. The van der Waals surface area contributed by atoms with Crippen LogP contribution in [0, 0.1) is 0 Å². The van der Waals surface area contributed by atoms with E-state index in [1.807, 2.05) is 26.0 Å². The average molecular weight is 331 g/mol. The average Bonchev–Trinajstić information content (AvgIpc) is 3.11. The molecule has 2 aromatic rings. The highest BCUT2D eigenvalue weighted by Crippen LogP contribution is 2.25. The number of rotatable bonds is 4. The summed E-state index contributed by atoms with van der Waals surface area (Å²) in [6.45, 7) is 5.29. The van der Waals surface area contributed by atoms with Crippen LogP contribution in [-0.4, -0.2) is 47.8 Å². The molecule has 2 heterocycles. The molecule has 3 rings (SSSR count). The number of morpholine rings is 1. The number of aromatic nitrogens is 2. The van der Waals surface area contributed by atoms with Crippen LogP contribution < -0.4 is 4.74 Å². The number of carbonyl (C=O) groups is 1. The highest BCUT2D eigenvalue weighted by atomic mass is 16.5. The number of para-hydroxylation sites is 1. The predicted molar refractivity (Wildman–Crippen MR) is 86.0 cm³/mol. The molecule has 0 N–H and O–H groups in total. The highest BCUT2D eigenvalue weighted by molar-refractivity contribution is 5.97. The summed E-state index contributed by atoms with van der Waals surface area (Å²) in [5, 5.41) is 3.99. The lowest BCUT2D eigenvalue weighted by molar-refractivity contribution is -0.0277. The zero-order chi connectivity index (χ0) is 17.1. The van der Waals surface area contributed by atoms with Crippen molar-refractivity contribution in [3.8, 4) is 5.75 Å². The van der Waals surface area contributed by atoms with Gasteiger partial charge in [0.05, 0.1) is 25.8 Å². The quantitative estimate of drug-likeness (QED) is 0.856. The lowest BCUT2D eigenvalue weighted by Gasteiger charge is -2.31. The van der Waals surface area contributed by atoms with E-state index < -0.39 is 0 Å². The number of carbonyl (C=O) groups excluding carboxylic acids is 1. The summed E-state index contributed by atoms with van der Waals surface area (Å²) in [4.78, 5) is 18.9. The molecule has 1 saturated heterocycles. The van der Waals surface area contributed by atoms with Gasteiger partial charge in [-0.15, -0.1) is 0 Å². The molecule has 1 aromatic heterocycles. The molecule has 7 nitrogen and oxygen atoms in total. The molecule has 1 atom stereocenters. The Hall–Kier alpha value is -2.41. The van der Waals surface area contributed by atoms with Crippen molar-refractivity contribution in [3.05, 3.63) is 41.5 Å². The van der Waals surface area contributed by atoms with Crippen molar-refractivity contribution < 1.29 is 18.8 Å². The lowest BCUT2D eigenvalue weighted by Crippen LogP contribution is -2.42. The van der Waals surface area contributed by atoms with E-state index >= 15 is 0 Å². The Labute approximate surface area is 140 Å². The van der Waals surface area contributed by atoms with E-state index in [1.165, 1.54) is 0 Å². The number of ether oxygens (including phenoxy) is 2. The molecular formula is C17H21N3O4. The third kappa shape index (κ3) is 3.26. The molecule has 7 heteroatoms. The Morgan fingerprint density at radius 3 is 2.88 bits per heavy atom. The molecule has 1 aliphatic rings. The van der Waals surface area contributed by atoms with Gasteiger partial charge in [-0.3, -0.25) is 4.79 Å². The van der Waals surface area contributed by atoms with Gasteiger partial charge in [-0.25, -0.2) is 0 Å². The fraction of sp³-hybridized carbons (Fsp3) is 0.471. The van der Waals surface area contributed by atoms with E-state index in [0.29, 0.717) is 42.7 Å². The lowest BCUT2D eigenvalue weighted by atomic mass is 10.1. The summed E-state index contributed by atoms with van der Waals surface area (Å²) in [6, 6.07) is 7.20. The van der Waals surface area contributed by atoms with E-state index in [4.69, 9.17) is 14.0 Å². The normalized spacial score (nSPS) is 18.0. The second kappa shape index (κ2) is 7.00. The van der Waals surface area contributed by atoms with E-state index in [1.54, 1.807) is 24.1 Å². The van der Waals surface area contributed by atoms with Crippen LogP contribution in [0.25, 0.3) is 0 Å². The van der Waals surface area contributed by atoms with E-state index in [0.717, 1.165) is 0 Å². The molecule has 0 unspecified atom stereocenters. The maximum absolute atomic E-state index is 12.8. The van der Waals surface area contributed by atoms with Crippen molar-refractivity contribution in [2.75, 3.05) is 26.8 Å². The zero-order valence-electron chi connectivity index (χ0n) is 14.1. The predicted octanol–water partition coefficient (Wildman–Crippen LogP) is 2.42. The first-order valence-corrected chi connectivity index (χ1v) is 7.97. The van der Waals surface area contributed by atoms with Crippen molar-refractivity contribution in [2.24, 2.45) is 0 Å². The molecule has 1 amide bonds. The summed E-state index contributed by atoms with van der Waals surface area (Å²) in [5.41, 5.74) is 0.539. The van der Waals surface area contributed by atoms with Crippen LogP contribution in [0.2, 0.25) is 0 Å². The number of amides is 1. The smallest absolute Gasteiger partial charge is 0.257 e. The standard InChI is InChI=1S/C17H21N3O4/c1-11(2)16-18-15(19-24-16)14-10-20(8-9-23-14)17(21)12-6-4-5-7-13(12)22-3/h4-7,11,14H,8-10H2,1-3H3/t14-/m0/s1. The fourth-order valence-electron chi connectivity index (χ4n) is 2.59. The molecule has 0 radical (unpaired) electrons. The fourth-order valence-corrected chi connectivity index (χ4v) is 2.59. The molecule has 0 aliphatic carbocycles. The first kappa shape index (κ1) is 16.4. The van der Waals surface area contributed by atoms with Gasteiger partial charge in [0.15, 0.2) is 0 Å². The molecule has 128 valence electrons. The van der Waals surface area contributed by atoms with Crippen LogP contribution >= 0.6 is 0 Å². The van der Waals surface area contributed by atoms with Crippen molar-refractivity contribution in [2.45, 2.75) is 25.9 Å². The molecule has 24 heavy (non-hydrogen) atoms.